The molecular weight excluding hydrogens is 320 g/mol. The molecule has 5 heteroatoms. The van der Waals surface area contributed by atoms with E-state index in [2.05, 4.69) is 0 Å². The minimum atomic E-state index is -3.44. The lowest BCUT2D eigenvalue weighted by Gasteiger charge is -2.05. The third-order valence-electron chi connectivity index (χ3n) is 4.27. The van der Waals surface area contributed by atoms with Gasteiger partial charge in [0.15, 0.2) is 9.84 Å². The Balaban J connectivity index is 1.93. The second-order valence-corrected chi connectivity index (χ2v) is 8.29. The van der Waals surface area contributed by atoms with E-state index >= 15 is 0 Å². The van der Waals surface area contributed by atoms with Crippen LogP contribution < -0.4 is 0 Å². The zero-order valence-corrected chi connectivity index (χ0v) is 13.7. The van der Waals surface area contributed by atoms with Gasteiger partial charge < -0.3 is 5.11 Å². The summed E-state index contributed by atoms with van der Waals surface area (Å²) in [4.78, 5) is 0.318. The predicted molar refractivity (Wildman–Crippen MR) is 86.9 cm³/mol. The molecule has 0 saturated heterocycles. The van der Waals surface area contributed by atoms with Gasteiger partial charge in [0.05, 0.1) is 10.1 Å². The topological polar surface area (TPSA) is 54.4 Å². The molecule has 3 atom stereocenters. The van der Waals surface area contributed by atoms with Crippen molar-refractivity contribution in [3.05, 3.63) is 64.7 Å². The summed E-state index contributed by atoms with van der Waals surface area (Å²) in [7, 11) is -3.44. The first-order chi connectivity index (χ1) is 10.4. The summed E-state index contributed by atoms with van der Waals surface area (Å²) < 4.78 is 25.6. The fourth-order valence-corrected chi connectivity index (χ4v) is 5.32. The molecule has 0 aromatic heterocycles. The van der Waals surface area contributed by atoms with Crippen LogP contribution in [0, 0.1) is 12.8 Å². The summed E-state index contributed by atoms with van der Waals surface area (Å²) in [6.07, 6.45) is 0. The summed E-state index contributed by atoms with van der Waals surface area (Å²) in [6, 6.07) is 14.0. The summed E-state index contributed by atoms with van der Waals surface area (Å²) in [5.41, 5.74) is 1.92. The van der Waals surface area contributed by atoms with Crippen molar-refractivity contribution in [2.45, 2.75) is 23.0 Å². The van der Waals surface area contributed by atoms with Crippen LogP contribution in [0.1, 0.15) is 17.0 Å². The van der Waals surface area contributed by atoms with Crippen LogP contribution in [-0.2, 0) is 9.84 Å². The monoisotopic (exact) mass is 336 g/mol. The van der Waals surface area contributed by atoms with Crippen LogP contribution in [0.2, 0.25) is 5.02 Å². The fraction of sp³-hybridized carbons (Fsp3) is 0.294. The first-order valence-corrected chi connectivity index (χ1v) is 9.04. The molecule has 0 bridgehead atoms. The molecule has 0 spiro atoms. The van der Waals surface area contributed by atoms with Crippen molar-refractivity contribution >= 4 is 21.4 Å². The van der Waals surface area contributed by atoms with Crippen LogP contribution in [0.25, 0.3) is 0 Å². The Morgan fingerprint density at radius 2 is 1.64 bits per heavy atom. The van der Waals surface area contributed by atoms with Crippen molar-refractivity contribution in [3.63, 3.8) is 0 Å². The number of aryl methyl sites for hydroxylation is 1. The van der Waals surface area contributed by atoms with E-state index in [1.807, 2.05) is 19.1 Å². The highest BCUT2D eigenvalue weighted by Crippen LogP contribution is 2.53. The van der Waals surface area contributed by atoms with Gasteiger partial charge in [0.1, 0.15) is 0 Å². The smallest absolute Gasteiger partial charge is 0.182 e. The van der Waals surface area contributed by atoms with Crippen LogP contribution in [0.3, 0.4) is 0 Å². The minimum Gasteiger partial charge on any atom is -0.396 e. The van der Waals surface area contributed by atoms with Gasteiger partial charge in [0.2, 0.25) is 0 Å². The standard InChI is InChI=1S/C17H17ClO3S/c1-11-2-8-14(9-3-11)22(20,21)17-15(10-19)16(17)12-4-6-13(18)7-5-12/h2-9,15-17,19H,10H2,1H3/t15-,16-,17-/m0/s1. The average molecular weight is 337 g/mol. The molecule has 0 aliphatic heterocycles. The molecule has 1 fully saturated rings. The Hall–Kier alpha value is -1.36. The van der Waals surface area contributed by atoms with E-state index in [4.69, 9.17) is 11.6 Å². The predicted octanol–water partition coefficient (Wildman–Crippen LogP) is 3.20. The third-order valence-corrected chi connectivity index (χ3v) is 6.81. The van der Waals surface area contributed by atoms with Crippen molar-refractivity contribution in [2.75, 3.05) is 6.61 Å². The van der Waals surface area contributed by atoms with Gasteiger partial charge in [-0.1, -0.05) is 41.4 Å². The molecule has 0 amide bonds. The second-order valence-electron chi connectivity index (χ2n) is 5.75. The quantitative estimate of drug-likeness (QED) is 0.932. The lowest BCUT2D eigenvalue weighted by Crippen LogP contribution is -2.11. The van der Waals surface area contributed by atoms with E-state index in [1.54, 1.807) is 36.4 Å². The van der Waals surface area contributed by atoms with Gasteiger partial charge in [-0.15, -0.1) is 0 Å². The molecule has 116 valence electrons. The lowest BCUT2D eigenvalue weighted by molar-refractivity contribution is 0.274. The highest BCUT2D eigenvalue weighted by Gasteiger charge is 2.58. The van der Waals surface area contributed by atoms with E-state index in [0.717, 1.165) is 11.1 Å². The van der Waals surface area contributed by atoms with Gasteiger partial charge in [-0.2, -0.15) is 0 Å². The number of aliphatic hydroxyl groups excluding tert-OH is 1. The molecule has 1 aliphatic carbocycles. The van der Waals surface area contributed by atoms with Gasteiger partial charge in [-0.3, -0.25) is 0 Å². The fourth-order valence-electron chi connectivity index (χ4n) is 2.99. The Morgan fingerprint density at radius 3 is 2.18 bits per heavy atom. The van der Waals surface area contributed by atoms with Crippen LogP contribution in [0.15, 0.2) is 53.4 Å². The number of rotatable bonds is 4. The normalized spacial score (nSPS) is 24.2. The van der Waals surface area contributed by atoms with Crippen molar-refractivity contribution in [1.29, 1.82) is 0 Å². The van der Waals surface area contributed by atoms with Crippen molar-refractivity contribution in [3.8, 4) is 0 Å². The number of aliphatic hydroxyl groups is 1. The highest BCUT2D eigenvalue weighted by molar-refractivity contribution is 7.92. The summed E-state index contributed by atoms with van der Waals surface area (Å²) in [5.74, 6) is -0.430. The molecule has 2 aromatic carbocycles. The van der Waals surface area contributed by atoms with Crippen LogP contribution in [0.5, 0.6) is 0 Å². The Morgan fingerprint density at radius 1 is 1.05 bits per heavy atom. The van der Waals surface area contributed by atoms with E-state index in [1.165, 1.54) is 0 Å². The molecule has 1 N–H and O–H groups in total. The maximum absolute atomic E-state index is 12.8. The molecule has 1 aliphatic rings. The Labute approximate surface area is 135 Å². The molecule has 3 nitrogen and oxygen atoms in total. The molecule has 22 heavy (non-hydrogen) atoms. The first kappa shape index (κ1) is 15.5. The Kier molecular flexibility index (Phi) is 4.02. The largest absolute Gasteiger partial charge is 0.396 e. The third kappa shape index (κ3) is 2.67. The molecule has 0 unspecified atom stereocenters. The minimum absolute atomic E-state index is 0.136. The van der Waals surface area contributed by atoms with E-state index in [0.29, 0.717) is 9.92 Å². The first-order valence-electron chi connectivity index (χ1n) is 7.12. The summed E-state index contributed by atoms with van der Waals surface area (Å²) in [5, 5.41) is 9.57. The van der Waals surface area contributed by atoms with Gasteiger partial charge >= 0.3 is 0 Å². The highest BCUT2D eigenvalue weighted by atomic mass is 35.5. The Bertz CT molecular complexity index is 767. The van der Waals surface area contributed by atoms with Crippen LogP contribution in [0.4, 0.5) is 0 Å². The van der Waals surface area contributed by atoms with Crippen LogP contribution in [-0.4, -0.2) is 25.4 Å². The van der Waals surface area contributed by atoms with E-state index in [-0.39, 0.29) is 18.4 Å². The zero-order chi connectivity index (χ0) is 15.9. The molecule has 1 saturated carbocycles. The number of hydrogen-bond acceptors (Lipinski definition) is 3. The molecule has 0 heterocycles. The zero-order valence-electron chi connectivity index (χ0n) is 12.1. The molecular formula is C17H17ClO3S. The maximum Gasteiger partial charge on any atom is 0.182 e. The van der Waals surface area contributed by atoms with Crippen molar-refractivity contribution in [2.24, 2.45) is 5.92 Å². The second kappa shape index (κ2) is 5.69. The number of halogens is 1. The maximum atomic E-state index is 12.8. The number of hydrogen-bond donors (Lipinski definition) is 1. The SMILES string of the molecule is Cc1ccc(S(=O)(=O)[C@H]2[C@@H](CO)[C@@H]2c2ccc(Cl)cc2)cc1. The van der Waals surface area contributed by atoms with E-state index in [9.17, 15) is 13.5 Å². The molecule has 3 rings (SSSR count). The van der Waals surface area contributed by atoms with Gasteiger partial charge in [-0.25, -0.2) is 8.42 Å². The number of sulfone groups is 1. The van der Waals surface area contributed by atoms with Gasteiger partial charge in [0, 0.05) is 23.5 Å². The van der Waals surface area contributed by atoms with Crippen molar-refractivity contribution in [1.82, 2.24) is 0 Å². The van der Waals surface area contributed by atoms with Gasteiger partial charge in [-0.05, 0) is 36.8 Å². The van der Waals surface area contributed by atoms with Crippen molar-refractivity contribution < 1.29 is 13.5 Å². The molecule has 2 aromatic rings. The van der Waals surface area contributed by atoms with E-state index < -0.39 is 15.1 Å². The lowest BCUT2D eigenvalue weighted by atomic mass is 10.1. The van der Waals surface area contributed by atoms with Gasteiger partial charge in [0.25, 0.3) is 0 Å². The summed E-state index contributed by atoms with van der Waals surface area (Å²) in [6.45, 7) is 1.78. The summed E-state index contributed by atoms with van der Waals surface area (Å²) >= 11 is 5.88. The average Bonchev–Trinajstić information content (AvgIpc) is 3.24. The number of benzene rings is 2. The van der Waals surface area contributed by atoms with Crippen LogP contribution >= 0.6 is 11.6 Å². The molecule has 0 radical (unpaired) electrons.